The Balaban J connectivity index is 1.30. The van der Waals surface area contributed by atoms with Crippen LogP contribution in [0.3, 0.4) is 0 Å². The average molecular weight is 420 g/mol. The van der Waals surface area contributed by atoms with Gasteiger partial charge in [-0.25, -0.2) is 14.1 Å². The first-order chi connectivity index (χ1) is 15.2. The summed E-state index contributed by atoms with van der Waals surface area (Å²) in [5.74, 6) is 0.119. The minimum atomic E-state index is -0.292. The lowest BCUT2D eigenvalue weighted by Gasteiger charge is -2.12. The maximum Gasteiger partial charge on any atom is 0.272 e. The Morgan fingerprint density at radius 1 is 1.13 bits per heavy atom. The number of amides is 1. The molecule has 2 aliphatic rings. The first-order valence-electron chi connectivity index (χ1n) is 10.9. The highest BCUT2D eigenvalue weighted by molar-refractivity contribution is 5.94. The van der Waals surface area contributed by atoms with Gasteiger partial charge >= 0.3 is 0 Å². The third kappa shape index (κ3) is 4.17. The van der Waals surface area contributed by atoms with Crippen LogP contribution in [0, 0.1) is 5.82 Å². The first kappa shape index (κ1) is 19.7. The van der Waals surface area contributed by atoms with Crippen molar-refractivity contribution in [1.82, 2.24) is 20.1 Å². The monoisotopic (exact) mass is 420 g/mol. The topological polar surface area (TPSA) is 69.0 Å². The van der Waals surface area contributed by atoms with E-state index in [1.807, 2.05) is 12.1 Å². The molecule has 1 saturated carbocycles. The van der Waals surface area contributed by atoms with Gasteiger partial charge < -0.3 is 10.1 Å². The fourth-order valence-corrected chi connectivity index (χ4v) is 4.48. The van der Waals surface area contributed by atoms with E-state index >= 15 is 0 Å². The second-order valence-corrected chi connectivity index (χ2v) is 8.22. The Morgan fingerprint density at radius 2 is 1.94 bits per heavy atom. The van der Waals surface area contributed by atoms with Gasteiger partial charge in [0.2, 0.25) is 5.88 Å². The highest BCUT2D eigenvalue weighted by atomic mass is 19.1. The molecule has 5 rings (SSSR count). The van der Waals surface area contributed by atoms with Gasteiger partial charge in [0, 0.05) is 30.1 Å². The average Bonchev–Trinajstić information content (AvgIpc) is 3.51. The van der Waals surface area contributed by atoms with Gasteiger partial charge in [-0.05, 0) is 80.8 Å². The van der Waals surface area contributed by atoms with Crippen LogP contribution in [0.4, 0.5) is 4.39 Å². The van der Waals surface area contributed by atoms with Gasteiger partial charge in [-0.2, -0.15) is 5.10 Å². The predicted molar refractivity (Wildman–Crippen MR) is 114 cm³/mol. The number of aromatic nitrogens is 3. The molecule has 7 heteroatoms. The zero-order valence-corrected chi connectivity index (χ0v) is 17.3. The van der Waals surface area contributed by atoms with E-state index in [1.54, 1.807) is 23.0 Å². The molecular weight excluding hydrogens is 395 g/mol. The molecule has 6 nitrogen and oxygen atoms in total. The number of hydrogen-bond acceptors (Lipinski definition) is 4. The molecule has 2 aliphatic carbocycles. The number of hydrogen-bond donors (Lipinski definition) is 1. The molecule has 3 aromatic rings. The largest absolute Gasteiger partial charge is 0.474 e. The van der Waals surface area contributed by atoms with Crippen molar-refractivity contribution in [3.05, 3.63) is 70.9 Å². The number of ether oxygens (including phenoxy) is 1. The number of pyridine rings is 1. The smallest absolute Gasteiger partial charge is 0.272 e. The summed E-state index contributed by atoms with van der Waals surface area (Å²) in [7, 11) is 0. The second-order valence-electron chi connectivity index (χ2n) is 8.22. The Kier molecular flexibility index (Phi) is 5.40. The van der Waals surface area contributed by atoms with Crippen molar-refractivity contribution in [2.24, 2.45) is 0 Å². The van der Waals surface area contributed by atoms with E-state index < -0.39 is 0 Å². The van der Waals surface area contributed by atoms with Crippen molar-refractivity contribution in [1.29, 1.82) is 0 Å². The Labute approximate surface area is 180 Å². The van der Waals surface area contributed by atoms with Crippen LogP contribution >= 0.6 is 0 Å². The number of nitrogens with zero attached hydrogens (tertiary/aromatic N) is 3. The number of fused-ring (bicyclic) bond motifs is 1. The van der Waals surface area contributed by atoms with Gasteiger partial charge in [-0.1, -0.05) is 0 Å². The fraction of sp³-hybridized carbons (Fsp3) is 0.375. The third-order valence-corrected chi connectivity index (χ3v) is 6.06. The van der Waals surface area contributed by atoms with Gasteiger partial charge in [0.15, 0.2) is 5.69 Å². The van der Waals surface area contributed by atoms with Crippen molar-refractivity contribution in [3.63, 3.8) is 0 Å². The molecule has 0 spiro atoms. The highest BCUT2D eigenvalue weighted by Crippen LogP contribution is 2.28. The van der Waals surface area contributed by atoms with Crippen LogP contribution < -0.4 is 10.1 Å². The minimum Gasteiger partial charge on any atom is -0.474 e. The summed E-state index contributed by atoms with van der Waals surface area (Å²) in [4.78, 5) is 17.2. The van der Waals surface area contributed by atoms with Gasteiger partial charge in [0.05, 0.1) is 5.69 Å². The highest BCUT2D eigenvalue weighted by Gasteiger charge is 2.27. The SMILES string of the molecule is O=C(NCc1ccnc(OC2CCCC2)c1)c1nn(-c2ccc(F)cc2)c2c1CCC2. The van der Waals surface area contributed by atoms with Gasteiger partial charge in [0.1, 0.15) is 11.9 Å². The van der Waals surface area contributed by atoms with Gasteiger partial charge in [-0.3, -0.25) is 4.79 Å². The normalized spacial score (nSPS) is 15.8. The molecule has 160 valence electrons. The summed E-state index contributed by atoms with van der Waals surface area (Å²) >= 11 is 0. The molecule has 2 heterocycles. The van der Waals surface area contributed by atoms with Crippen LogP contribution in [0.2, 0.25) is 0 Å². The van der Waals surface area contributed by atoms with E-state index in [9.17, 15) is 9.18 Å². The number of carbonyl (C=O) groups is 1. The first-order valence-corrected chi connectivity index (χ1v) is 10.9. The lowest BCUT2D eigenvalue weighted by atomic mass is 10.2. The fourth-order valence-electron chi connectivity index (χ4n) is 4.48. The zero-order chi connectivity index (χ0) is 21.2. The lowest BCUT2D eigenvalue weighted by Crippen LogP contribution is -2.24. The summed E-state index contributed by atoms with van der Waals surface area (Å²) in [5.41, 5.74) is 4.18. The van der Waals surface area contributed by atoms with Crippen LogP contribution in [0.5, 0.6) is 5.88 Å². The van der Waals surface area contributed by atoms with E-state index in [0.29, 0.717) is 18.1 Å². The van der Waals surface area contributed by atoms with E-state index in [1.165, 1.54) is 25.0 Å². The molecule has 1 amide bonds. The molecule has 0 unspecified atom stereocenters. The number of rotatable bonds is 6. The van der Waals surface area contributed by atoms with Crippen molar-refractivity contribution in [2.75, 3.05) is 0 Å². The van der Waals surface area contributed by atoms with Gasteiger partial charge in [0.25, 0.3) is 5.91 Å². The predicted octanol–water partition coefficient (Wildman–Crippen LogP) is 4.15. The van der Waals surface area contributed by atoms with Crippen LogP contribution in [0.25, 0.3) is 5.69 Å². The summed E-state index contributed by atoms with van der Waals surface area (Å²) in [6.45, 7) is 0.376. The zero-order valence-electron chi connectivity index (χ0n) is 17.3. The lowest BCUT2D eigenvalue weighted by molar-refractivity contribution is 0.0944. The number of nitrogens with one attached hydrogen (secondary N) is 1. The van der Waals surface area contributed by atoms with Crippen LogP contribution in [-0.2, 0) is 19.4 Å². The van der Waals surface area contributed by atoms with Crippen molar-refractivity contribution < 1.29 is 13.9 Å². The maximum absolute atomic E-state index is 13.3. The number of benzene rings is 1. The summed E-state index contributed by atoms with van der Waals surface area (Å²) < 4.78 is 21.0. The molecule has 0 radical (unpaired) electrons. The van der Waals surface area contributed by atoms with Crippen LogP contribution in [0.15, 0.2) is 42.6 Å². The number of halogens is 1. The Hall–Kier alpha value is -3.22. The van der Waals surface area contributed by atoms with Crippen LogP contribution in [-0.4, -0.2) is 26.8 Å². The summed E-state index contributed by atoms with van der Waals surface area (Å²) in [5, 5.41) is 7.56. The molecule has 1 fully saturated rings. The summed E-state index contributed by atoms with van der Waals surface area (Å²) in [6.07, 6.45) is 9.19. The van der Waals surface area contributed by atoms with E-state index in [0.717, 1.165) is 54.6 Å². The molecule has 0 atom stereocenters. The van der Waals surface area contributed by atoms with E-state index in [4.69, 9.17) is 4.74 Å². The van der Waals surface area contributed by atoms with E-state index in [2.05, 4.69) is 15.4 Å². The molecule has 0 bridgehead atoms. The Bertz CT molecular complexity index is 1090. The molecule has 2 aromatic heterocycles. The molecule has 1 aromatic carbocycles. The molecule has 31 heavy (non-hydrogen) atoms. The second kappa shape index (κ2) is 8.49. The maximum atomic E-state index is 13.3. The van der Waals surface area contributed by atoms with Crippen molar-refractivity contribution >= 4 is 5.91 Å². The molecule has 0 saturated heterocycles. The minimum absolute atomic E-state index is 0.200. The Morgan fingerprint density at radius 3 is 2.74 bits per heavy atom. The molecule has 1 N–H and O–H groups in total. The van der Waals surface area contributed by atoms with E-state index in [-0.39, 0.29) is 17.8 Å². The quantitative estimate of drug-likeness (QED) is 0.651. The van der Waals surface area contributed by atoms with Crippen molar-refractivity contribution in [3.8, 4) is 11.6 Å². The standard InChI is InChI=1S/C24H25FN4O2/c25-17-8-10-18(11-9-17)29-21-7-3-6-20(21)23(28-29)24(30)27-15-16-12-13-26-22(14-16)31-19-4-1-2-5-19/h8-14,19H,1-7,15H2,(H,27,30). The molecular formula is C24H25FN4O2. The van der Waals surface area contributed by atoms with Gasteiger partial charge in [-0.15, -0.1) is 0 Å². The third-order valence-electron chi connectivity index (χ3n) is 6.06. The molecule has 0 aliphatic heterocycles. The van der Waals surface area contributed by atoms with Crippen LogP contribution in [0.1, 0.15) is 59.4 Å². The van der Waals surface area contributed by atoms with Crippen molar-refractivity contribution in [2.45, 2.75) is 57.6 Å². The summed E-state index contributed by atoms with van der Waals surface area (Å²) in [6, 6.07) is 9.96. The number of carbonyl (C=O) groups excluding carboxylic acids is 1.